The van der Waals surface area contributed by atoms with Crippen LogP contribution in [0.4, 0.5) is 0 Å². The van der Waals surface area contributed by atoms with Crippen LogP contribution in [0.5, 0.6) is 0 Å². The first kappa shape index (κ1) is 19.0. The van der Waals surface area contributed by atoms with Crippen molar-refractivity contribution in [3.05, 3.63) is 35.4 Å². The fourth-order valence-corrected chi connectivity index (χ4v) is 3.16. The molecule has 0 heterocycles. The third-order valence-corrected chi connectivity index (χ3v) is 4.62. The van der Waals surface area contributed by atoms with E-state index >= 15 is 0 Å². The van der Waals surface area contributed by atoms with Gasteiger partial charge in [-0.05, 0) is 37.0 Å². The molecule has 1 aromatic rings. The molecule has 2 atom stereocenters. The van der Waals surface area contributed by atoms with Gasteiger partial charge in [0.05, 0.1) is 5.92 Å². The molecule has 0 aromatic heterocycles. The summed E-state index contributed by atoms with van der Waals surface area (Å²) in [5.41, 5.74) is 1.50. The molecule has 0 radical (unpaired) electrons. The third kappa shape index (κ3) is 5.05. The molecule has 1 aliphatic rings. The van der Waals surface area contributed by atoms with E-state index in [-0.39, 0.29) is 29.7 Å². The normalized spacial score (nSPS) is 19.7. The number of benzene rings is 1. The summed E-state index contributed by atoms with van der Waals surface area (Å²) < 4.78 is 0. The van der Waals surface area contributed by atoms with Crippen molar-refractivity contribution < 1.29 is 19.5 Å². The summed E-state index contributed by atoms with van der Waals surface area (Å²) in [5.74, 6) is -1.30. The van der Waals surface area contributed by atoms with Crippen LogP contribution in [0.3, 0.4) is 0 Å². The molecular weight excluding hydrogens is 320 g/mol. The van der Waals surface area contributed by atoms with Crippen LogP contribution in [0.1, 0.15) is 49.0 Å². The minimum atomic E-state index is -0.791. The lowest BCUT2D eigenvalue weighted by atomic mass is 10.1. The molecule has 6 heteroatoms. The van der Waals surface area contributed by atoms with E-state index in [4.69, 9.17) is 5.11 Å². The maximum Gasteiger partial charge on any atom is 0.306 e. The third-order valence-electron chi connectivity index (χ3n) is 4.62. The van der Waals surface area contributed by atoms with E-state index in [9.17, 15) is 14.4 Å². The summed E-state index contributed by atoms with van der Waals surface area (Å²) in [4.78, 5) is 36.8. The lowest BCUT2D eigenvalue weighted by Crippen LogP contribution is -2.33. The molecule has 0 spiro atoms. The first-order valence-corrected chi connectivity index (χ1v) is 8.65. The van der Waals surface area contributed by atoms with Crippen molar-refractivity contribution in [2.45, 2.75) is 45.7 Å². The van der Waals surface area contributed by atoms with Gasteiger partial charge in [-0.2, -0.15) is 0 Å². The standard InChI is InChI=1S/C19H26N2O4/c1-12(2)18(23)21(3)11-13-4-6-14(7-5-13)17(22)20-16-9-8-15(10-16)19(24)25/h4-7,12,15-16H,8-11H2,1-3H3,(H,20,22)(H,24,25)/t15-,16+/m0/s1. The Morgan fingerprint density at radius 3 is 2.36 bits per heavy atom. The Morgan fingerprint density at radius 1 is 1.20 bits per heavy atom. The second-order valence-corrected chi connectivity index (χ2v) is 7.06. The predicted molar refractivity (Wildman–Crippen MR) is 94.0 cm³/mol. The van der Waals surface area contributed by atoms with Crippen molar-refractivity contribution in [2.75, 3.05) is 7.05 Å². The number of carbonyl (C=O) groups is 3. The zero-order chi connectivity index (χ0) is 18.6. The minimum absolute atomic E-state index is 0.0453. The number of carboxylic acid groups (broad SMARTS) is 1. The molecule has 0 bridgehead atoms. The average molecular weight is 346 g/mol. The van der Waals surface area contributed by atoms with Crippen LogP contribution < -0.4 is 5.32 Å². The van der Waals surface area contributed by atoms with Crippen molar-refractivity contribution in [3.63, 3.8) is 0 Å². The Hall–Kier alpha value is -2.37. The van der Waals surface area contributed by atoms with Crippen molar-refractivity contribution in [1.82, 2.24) is 10.2 Å². The van der Waals surface area contributed by atoms with E-state index < -0.39 is 5.97 Å². The maximum atomic E-state index is 12.3. The Bertz CT molecular complexity index is 639. The highest BCUT2D eigenvalue weighted by Gasteiger charge is 2.30. The zero-order valence-electron chi connectivity index (χ0n) is 15.0. The molecule has 25 heavy (non-hydrogen) atoms. The molecule has 1 fully saturated rings. The van der Waals surface area contributed by atoms with Gasteiger partial charge in [0, 0.05) is 31.1 Å². The van der Waals surface area contributed by atoms with Crippen LogP contribution in [-0.2, 0) is 16.1 Å². The number of nitrogens with one attached hydrogen (secondary N) is 1. The summed E-state index contributed by atoms with van der Waals surface area (Å²) in [6, 6.07) is 7.08. The summed E-state index contributed by atoms with van der Waals surface area (Å²) in [7, 11) is 1.77. The summed E-state index contributed by atoms with van der Waals surface area (Å²) in [5, 5.41) is 11.9. The first-order valence-electron chi connectivity index (χ1n) is 8.65. The number of carbonyl (C=O) groups excluding carboxylic acids is 2. The minimum Gasteiger partial charge on any atom is -0.481 e. The predicted octanol–water partition coefficient (Wildman–Crippen LogP) is 2.28. The molecule has 2 amide bonds. The van der Waals surface area contributed by atoms with Crippen LogP contribution in [-0.4, -0.2) is 40.9 Å². The van der Waals surface area contributed by atoms with E-state index in [1.165, 1.54) is 0 Å². The van der Waals surface area contributed by atoms with Crippen LogP contribution in [0.2, 0.25) is 0 Å². The number of carboxylic acids is 1. The maximum absolute atomic E-state index is 12.3. The summed E-state index contributed by atoms with van der Waals surface area (Å²) in [6.45, 7) is 4.23. The highest BCUT2D eigenvalue weighted by molar-refractivity contribution is 5.94. The van der Waals surface area contributed by atoms with Gasteiger partial charge in [-0.25, -0.2) is 0 Å². The van der Waals surface area contributed by atoms with Gasteiger partial charge in [0.15, 0.2) is 0 Å². The van der Waals surface area contributed by atoms with Gasteiger partial charge < -0.3 is 15.3 Å². The number of rotatable bonds is 6. The molecule has 6 nitrogen and oxygen atoms in total. The molecule has 1 aliphatic carbocycles. The molecule has 0 saturated heterocycles. The Labute approximate surface area is 148 Å². The second kappa shape index (κ2) is 8.14. The monoisotopic (exact) mass is 346 g/mol. The van der Waals surface area contributed by atoms with Gasteiger partial charge in [-0.15, -0.1) is 0 Å². The van der Waals surface area contributed by atoms with E-state index in [2.05, 4.69) is 5.32 Å². The number of amides is 2. The lowest BCUT2D eigenvalue weighted by molar-refractivity contribution is -0.141. The Balaban J connectivity index is 1.90. The smallest absolute Gasteiger partial charge is 0.306 e. The van der Waals surface area contributed by atoms with E-state index in [0.717, 1.165) is 5.56 Å². The van der Waals surface area contributed by atoms with Gasteiger partial charge in [0.2, 0.25) is 5.91 Å². The van der Waals surface area contributed by atoms with Crippen molar-refractivity contribution in [3.8, 4) is 0 Å². The van der Waals surface area contributed by atoms with Crippen molar-refractivity contribution in [2.24, 2.45) is 11.8 Å². The quantitative estimate of drug-likeness (QED) is 0.827. The van der Waals surface area contributed by atoms with Gasteiger partial charge in [0.1, 0.15) is 0 Å². The van der Waals surface area contributed by atoms with E-state index in [0.29, 0.717) is 31.4 Å². The number of hydrogen-bond donors (Lipinski definition) is 2. The highest BCUT2D eigenvalue weighted by Crippen LogP contribution is 2.25. The van der Waals surface area contributed by atoms with Gasteiger partial charge in [0.25, 0.3) is 5.91 Å². The van der Waals surface area contributed by atoms with Gasteiger partial charge in [-0.3, -0.25) is 14.4 Å². The van der Waals surface area contributed by atoms with E-state index in [1.54, 1.807) is 24.1 Å². The topological polar surface area (TPSA) is 86.7 Å². The van der Waals surface area contributed by atoms with E-state index in [1.807, 2.05) is 26.0 Å². The van der Waals surface area contributed by atoms with Crippen molar-refractivity contribution >= 4 is 17.8 Å². The fourth-order valence-electron chi connectivity index (χ4n) is 3.16. The van der Waals surface area contributed by atoms with Gasteiger partial charge >= 0.3 is 5.97 Å². The molecule has 1 aromatic carbocycles. The summed E-state index contributed by atoms with van der Waals surface area (Å²) >= 11 is 0. The molecule has 2 rings (SSSR count). The largest absolute Gasteiger partial charge is 0.481 e. The highest BCUT2D eigenvalue weighted by atomic mass is 16.4. The molecule has 2 N–H and O–H groups in total. The van der Waals surface area contributed by atoms with Crippen LogP contribution in [0.15, 0.2) is 24.3 Å². The molecular formula is C19H26N2O4. The van der Waals surface area contributed by atoms with Crippen LogP contribution in [0.25, 0.3) is 0 Å². The molecule has 0 unspecified atom stereocenters. The fraction of sp³-hybridized carbons (Fsp3) is 0.526. The molecule has 136 valence electrons. The Kier molecular flexibility index (Phi) is 6.17. The molecule has 1 saturated carbocycles. The SMILES string of the molecule is CC(C)C(=O)N(C)Cc1ccc(C(=O)N[C@@H]2CC[C@H](C(=O)O)C2)cc1. The zero-order valence-corrected chi connectivity index (χ0v) is 15.0. The summed E-state index contributed by atoms with van der Waals surface area (Å²) in [6.07, 6.45) is 1.79. The Morgan fingerprint density at radius 2 is 1.84 bits per heavy atom. The van der Waals surface area contributed by atoms with Crippen LogP contribution in [0, 0.1) is 11.8 Å². The second-order valence-electron chi connectivity index (χ2n) is 7.06. The van der Waals surface area contributed by atoms with Crippen LogP contribution >= 0.6 is 0 Å². The average Bonchev–Trinajstić information content (AvgIpc) is 3.03. The number of hydrogen-bond acceptors (Lipinski definition) is 3. The van der Waals surface area contributed by atoms with Crippen molar-refractivity contribution in [1.29, 1.82) is 0 Å². The number of aliphatic carboxylic acids is 1. The number of nitrogens with zero attached hydrogens (tertiary/aromatic N) is 1. The van der Waals surface area contributed by atoms with Gasteiger partial charge in [-0.1, -0.05) is 26.0 Å². The lowest BCUT2D eigenvalue weighted by Gasteiger charge is -2.19. The first-order chi connectivity index (χ1) is 11.8. The molecule has 0 aliphatic heterocycles.